The van der Waals surface area contributed by atoms with Gasteiger partial charge in [0, 0.05) is 18.4 Å². The number of halogens is 3. The second-order valence-electron chi connectivity index (χ2n) is 5.25. The highest BCUT2D eigenvalue weighted by Gasteiger charge is 2.37. The summed E-state index contributed by atoms with van der Waals surface area (Å²) < 4.78 is 44.4. The summed E-state index contributed by atoms with van der Waals surface area (Å²) in [6.07, 6.45) is -1.08. The van der Waals surface area contributed by atoms with E-state index in [9.17, 15) is 18.0 Å². The number of nitrogens with one attached hydrogen (secondary N) is 1. The molecule has 8 heteroatoms. The van der Waals surface area contributed by atoms with Crippen LogP contribution in [0.3, 0.4) is 0 Å². The molecule has 0 atom stereocenters. The molecule has 1 aliphatic rings. The normalized spacial score (nSPS) is 13.6. The van der Waals surface area contributed by atoms with E-state index in [1.165, 1.54) is 24.3 Å². The highest BCUT2D eigenvalue weighted by atomic mass is 19.4. The Labute approximate surface area is 136 Å². The first kappa shape index (κ1) is 16.1. The van der Waals surface area contributed by atoms with E-state index >= 15 is 0 Å². The molecule has 126 valence electrons. The largest absolute Gasteiger partial charge is 0.496 e. The number of carbonyl (C=O) groups is 1. The number of methoxy groups -OCH3 is 1. The topological polar surface area (TPSA) is 54.5 Å². The molecule has 24 heavy (non-hydrogen) atoms. The molecule has 0 unspecified atom stereocenters. The number of benzene rings is 1. The van der Waals surface area contributed by atoms with Crippen molar-refractivity contribution < 1.29 is 22.7 Å². The minimum Gasteiger partial charge on any atom is -0.496 e. The van der Waals surface area contributed by atoms with E-state index in [4.69, 9.17) is 4.74 Å². The summed E-state index contributed by atoms with van der Waals surface area (Å²) in [5.74, 6) is -0.240. The van der Waals surface area contributed by atoms with Crippen molar-refractivity contribution in [2.75, 3.05) is 23.9 Å². The number of hydrogen-bond acceptors (Lipinski definition) is 3. The molecule has 1 aliphatic heterocycles. The zero-order chi connectivity index (χ0) is 17.3. The van der Waals surface area contributed by atoms with E-state index in [2.05, 4.69) is 10.3 Å². The van der Waals surface area contributed by atoms with Gasteiger partial charge in [0.2, 0.25) is 0 Å². The van der Waals surface area contributed by atoms with Gasteiger partial charge in [-0.2, -0.15) is 13.2 Å². The van der Waals surface area contributed by atoms with Gasteiger partial charge in [0.05, 0.1) is 24.6 Å². The molecular formula is C16H14F3N3O2. The number of pyridine rings is 1. The molecular weight excluding hydrogens is 323 g/mol. The third kappa shape index (κ3) is 2.99. The van der Waals surface area contributed by atoms with Crippen LogP contribution in [0.5, 0.6) is 5.75 Å². The van der Waals surface area contributed by atoms with Gasteiger partial charge in [-0.05, 0) is 36.2 Å². The van der Waals surface area contributed by atoms with Gasteiger partial charge in [-0.25, -0.2) is 4.79 Å². The maximum absolute atomic E-state index is 13.2. The minimum atomic E-state index is -4.56. The summed E-state index contributed by atoms with van der Waals surface area (Å²) in [5, 5.41) is 2.62. The van der Waals surface area contributed by atoms with Gasteiger partial charge >= 0.3 is 12.2 Å². The Morgan fingerprint density at radius 2 is 2.17 bits per heavy atom. The van der Waals surface area contributed by atoms with E-state index < -0.39 is 17.8 Å². The number of nitrogens with zero attached hydrogens (tertiary/aromatic N) is 2. The molecule has 0 saturated heterocycles. The quantitative estimate of drug-likeness (QED) is 0.909. The van der Waals surface area contributed by atoms with Crippen LogP contribution in [0, 0.1) is 0 Å². The van der Waals surface area contributed by atoms with E-state index in [1.54, 1.807) is 18.3 Å². The Balaban J connectivity index is 1.92. The molecule has 0 aliphatic carbocycles. The Morgan fingerprint density at radius 1 is 1.38 bits per heavy atom. The van der Waals surface area contributed by atoms with Crippen molar-refractivity contribution in [2.24, 2.45) is 0 Å². The van der Waals surface area contributed by atoms with Crippen LogP contribution in [0.1, 0.15) is 11.1 Å². The number of ether oxygens (including phenoxy) is 1. The van der Waals surface area contributed by atoms with Crippen LogP contribution in [0.4, 0.5) is 29.3 Å². The van der Waals surface area contributed by atoms with Crippen LogP contribution < -0.4 is 15.0 Å². The van der Waals surface area contributed by atoms with Crippen molar-refractivity contribution in [2.45, 2.75) is 12.6 Å². The summed E-state index contributed by atoms with van der Waals surface area (Å²) >= 11 is 0. The number of urea groups is 1. The van der Waals surface area contributed by atoms with Crippen molar-refractivity contribution in [3.63, 3.8) is 0 Å². The molecule has 0 saturated carbocycles. The molecule has 0 spiro atoms. The lowest BCUT2D eigenvalue weighted by molar-refractivity contribution is -0.138. The Hall–Kier alpha value is -2.77. The van der Waals surface area contributed by atoms with Gasteiger partial charge in [-0.1, -0.05) is 0 Å². The smallest absolute Gasteiger partial charge is 0.420 e. The molecule has 1 aromatic carbocycles. The zero-order valence-electron chi connectivity index (χ0n) is 12.7. The highest BCUT2D eigenvalue weighted by molar-refractivity contribution is 6.03. The molecule has 5 nitrogen and oxygen atoms in total. The minimum absolute atomic E-state index is 0.240. The van der Waals surface area contributed by atoms with Crippen LogP contribution in [-0.2, 0) is 12.6 Å². The van der Waals surface area contributed by atoms with Gasteiger partial charge < -0.3 is 10.1 Å². The average molecular weight is 337 g/mol. The first-order chi connectivity index (χ1) is 11.4. The van der Waals surface area contributed by atoms with Crippen LogP contribution in [0.2, 0.25) is 0 Å². The standard InChI is InChI=1S/C16H14F3N3O2/c1-24-14-7-10-4-6-22(13(10)8-12(14)16(17,18)19)15(23)21-11-3-2-5-20-9-11/h2-3,5,7-9H,4,6H2,1H3,(H,21,23). The van der Waals surface area contributed by atoms with Crippen LogP contribution in [-0.4, -0.2) is 24.7 Å². The number of rotatable bonds is 2. The molecule has 0 bridgehead atoms. The number of amides is 2. The summed E-state index contributed by atoms with van der Waals surface area (Å²) in [6, 6.07) is 5.11. The van der Waals surface area contributed by atoms with Crippen molar-refractivity contribution in [1.82, 2.24) is 4.98 Å². The maximum Gasteiger partial charge on any atom is 0.420 e. The number of aromatic nitrogens is 1. The molecule has 1 aromatic heterocycles. The van der Waals surface area contributed by atoms with Crippen molar-refractivity contribution in [3.8, 4) is 5.75 Å². The second kappa shape index (κ2) is 6.03. The number of carbonyl (C=O) groups excluding carboxylic acids is 1. The SMILES string of the molecule is COc1cc2c(cc1C(F)(F)F)N(C(=O)Nc1cccnc1)CC2. The van der Waals surface area contributed by atoms with Gasteiger partial charge in [-0.3, -0.25) is 9.88 Å². The third-order valence-electron chi connectivity index (χ3n) is 3.76. The van der Waals surface area contributed by atoms with Crippen molar-refractivity contribution >= 4 is 17.4 Å². The average Bonchev–Trinajstić information content (AvgIpc) is 2.96. The summed E-state index contributed by atoms with van der Waals surface area (Å²) in [4.78, 5) is 17.5. The van der Waals surface area contributed by atoms with Crippen LogP contribution >= 0.6 is 0 Å². The highest BCUT2D eigenvalue weighted by Crippen LogP contribution is 2.42. The Morgan fingerprint density at radius 3 is 2.79 bits per heavy atom. The van der Waals surface area contributed by atoms with E-state index in [0.717, 1.165) is 6.07 Å². The Kier molecular flexibility index (Phi) is 4.04. The zero-order valence-corrected chi connectivity index (χ0v) is 12.7. The fourth-order valence-electron chi connectivity index (χ4n) is 2.64. The number of hydrogen-bond donors (Lipinski definition) is 1. The lowest BCUT2D eigenvalue weighted by Gasteiger charge is -2.20. The third-order valence-corrected chi connectivity index (χ3v) is 3.76. The summed E-state index contributed by atoms with van der Waals surface area (Å²) in [7, 11) is 1.19. The molecule has 2 amide bonds. The number of fused-ring (bicyclic) bond motifs is 1. The lowest BCUT2D eigenvalue weighted by Crippen LogP contribution is -2.33. The summed E-state index contributed by atoms with van der Waals surface area (Å²) in [5.41, 5.74) is 0.455. The Bertz CT molecular complexity index is 763. The fourth-order valence-corrected chi connectivity index (χ4v) is 2.64. The molecule has 2 aromatic rings. The summed E-state index contributed by atoms with van der Waals surface area (Å²) in [6.45, 7) is 0.298. The molecule has 0 fully saturated rings. The number of anilines is 2. The first-order valence-electron chi connectivity index (χ1n) is 7.17. The molecule has 0 radical (unpaired) electrons. The van der Waals surface area contributed by atoms with Crippen molar-refractivity contribution in [1.29, 1.82) is 0 Å². The van der Waals surface area contributed by atoms with Gasteiger partial charge in [0.25, 0.3) is 0 Å². The monoisotopic (exact) mass is 337 g/mol. The predicted octanol–water partition coefficient (Wildman–Crippen LogP) is 3.70. The molecule has 1 N–H and O–H groups in total. The predicted molar refractivity (Wildman–Crippen MR) is 82.3 cm³/mol. The van der Waals surface area contributed by atoms with E-state index in [1.807, 2.05) is 0 Å². The molecule has 3 rings (SSSR count). The van der Waals surface area contributed by atoms with E-state index in [0.29, 0.717) is 24.2 Å². The lowest BCUT2D eigenvalue weighted by atomic mass is 10.1. The van der Waals surface area contributed by atoms with Gasteiger partial charge in [0.1, 0.15) is 5.75 Å². The first-order valence-corrected chi connectivity index (χ1v) is 7.17. The van der Waals surface area contributed by atoms with Crippen molar-refractivity contribution in [3.05, 3.63) is 47.8 Å². The van der Waals surface area contributed by atoms with Crippen LogP contribution in [0.25, 0.3) is 0 Å². The van der Waals surface area contributed by atoms with Gasteiger partial charge in [-0.15, -0.1) is 0 Å². The maximum atomic E-state index is 13.2. The van der Waals surface area contributed by atoms with Crippen LogP contribution in [0.15, 0.2) is 36.7 Å². The molecule has 2 heterocycles. The fraction of sp³-hybridized carbons (Fsp3) is 0.250. The van der Waals surface area contributed by atoms with E-state index in [-0.39, 0.29) is 11.4 Å². The number of alkyl halides is 3. The second-order valence-corrected chi connectivity index (χ2v) is 5.25. The van der Waals surface area contributed by atoms with Gasteiger partial charge in [0.15, 0.2) is 0 Å².